The number of nitrogens with zero attached hydrogens (tertiary/aromatic N) is 7. The van der Waals surface area contributed by atoms with Gasteiger partial charge in [0, 0.05) is 114 Å². The SMILES string of the molecule is COCCOC(=O)COCC(=O)O[C@@H]1C[C@@H](C(=O)NCc2ccc(-c3scnc3C)cc2)N(C(=O)[C@@H](NC(=O)CN2CCN(CC3CCN(c4ccc(-c5cnc6[nH]cc(C(=O)c7c(F)ccc(NS(=O)(=O)N8CC[C@@H](F)C8)c7F)c6c5)cc4)CC3)CC2)C(C)(C)C)C1. The molecule has 0 bridgehead atoms. The van der Waals surface area contributed by atoms with Gasteiger partial charge >= 0.3 is 22.1 Å². The lowest BCUT2D eigenvalue weighted by molar-refractivity contribution is -0.159. The number of hydrogen-bond acceptors (Lipinski definition) is 18. The molecular formula is C65H78F3N11O12S2. The highest BCUT2D eigenvalue weighted by Gasteiger charge is 2.46. The molecule has 4 saturated heterocycles. The summed E-state index contributed by atoms with van der Waals surface area (Å²) in [5.74, 6) is -5.93. The van der Waals surface area contributed by atoms with Crippen molar-refractivity contribution in [3.8, 4) is 21.6 Å². The van der Waals surface area contributed by atoms with Crippen LogP contribution in [0.3, 0.4) is 0 Å². The molecule has 4 atom stereocenters. The van der Waals surface area contributed by atoms with Crippen molar-refractivity contribution < 1.29 is 69.3 Å². The van der Waals surface area contributed by atoms with Crippen molar-refractivity contribution in [2.24, 2.45) is 11.3 Å². The van der Waals surface area contributed by atoms with E-state index in [9.17, 15) is 41.6 Å². The third kappa shape index (κ3) is 16.9. The molecule has 4 N–H and O–H groups in total. The molecule has 10 rings (SSSR count). The maximum absolute atomic E-state index is 15.9. The molecule has 6 aromatic rings. The van der Waals surface area contributed by atoms with Gasteiger partial charge in [-0.25, -0.2) is 32.7 Å². The van der Waals surface area contributed by atoms with Gasteiger partial charge in [0.15, 0.2) is 5.82 Å². The van der Waals surface area contributed by atoms with Gasteiger partial charge in [0.05, 0.1) is 47.0 Å². The molecule has 3 amide bonds. The predicted octanol–water partition coefficient (Wildman–Crippen LogP) is 6.27. The number of H-pyrrole nitrogens is 1. The van der Waals surface area contributed by atoms with Gasteiger partial charge in [0.1, 0.15) is 55.6 Å². The topological polar surface area (TPSA) is 267 Å². The van der Waals surface area contributed by atoms with Crippen LogP contribution in [0.15, 0.2) is 84.6 Å². The number of halogens is 3. The fraction of sp³-hybridized carbons (Fsp3) is 0.477. The number of hydrogen-bond donors (Lipinski definition) is 4. The number of thiazole rings is 1. The number of piperazine rings is 1. The molecule has 0 aliphatic carbocycles. The molecule has 23 nitrogen and oxygen atoms in total. The van der Waals surface area contributed by atoms with Gasteiger partial charge in [0.2, 0.25) is 23.5 Å². The van der Waals surface area contributed by atoms with Gasteiger partial charge < -0.3 is 49.3 Å². The number of fused-ring (bicyclic) bond motifs is 1. The van der Waals surface area contributed by atoms with E-state index in [1.54, 1.807) is 17.8 Å². The molecule has 0 spiro atoms. The number of aromatic amines is 1. The van der Waals surface area contributed by atoms with Crippen molar-refractivity contribution in [2.75, 3.05) is 115 Å². The monoisotopic (exact) mass is 1330 g/mol. The number of pyridine rings is 1. The normalized spacial score (nSPS) is 19.0. The second kappa shape index (κ2) is 30.0. The Kier molecular flexibility index (Phi) is 22.0. The number of carbonyl (C=O) groups excluding carboxylic acids is 6. The maximum atomic E-state index is 15.9. The van der Waals surface area contributed by atoms with Crippen LogP contribution in [0.4, 0.5) is 24.5 Å². The zero-order valence-corrected chi connectivity index (χ0v) is 54.2. The van der Waals surface area contributed by atoms with Gasteiger partial charge in [0.25, 0.3) is 0 Å². The van der Waals surface area contributed by atoms with Gasteiger partial charge in [-0.2, -0.15) is 12.7 Å². The fourth-order valence-electron chi connectivity index (χ4n) is 12.1. The molecule has 4 aliphatic rings. The lowest BCUT2D eigenvalue weighted by atomic mass is 9.85. The molecule has 93 heavy (non-hydrogen) atoms. The number of anilines is 2. The Balaban J connectivity index is 0.696. The number of aryl methyl sites for hydroxylation is 1. The second-order valence-electron chi connectivity index (χ2n) is 24.9. The highest BCUT2D eigenvalue weighted by Crippen LogP contribution is 2.34. The number of esters is 2. The summed E-state index contributed by atoms with van der Waals surface area (Å²) in [6, 6.07) is 17.0. The Labute approximate surface area is 541 Å². The van der Waals surface area contributed by atoms with Crippen LogP contribution >= 0.6 is 11.3 Å². The molecule has 0 saturated carbocycles. The number of piperidine rings is 1. The van der Waals surface area contributed by atoms with Crippen LogP contribution < -0.4 is 20.3 Å². The molecule has 0 radical (unpaired) electrons. The quantitative estimate of drug-likeness (QED) is 0.0279. The van der Waals surface area contributed by atoms with E-state index in [1.807, 2.05) is 80.9 Å². The van der Waals surface area contributed by atoms with E-state index >= 15 is 8.78 Å². The summed E-state index contributed by atoms with van der Waals surface area (Å²) in [5, 5.41) is 6.28. The number of ketones is 1. The first-order chi connectivity index (χ1) is 44.5. The summed E-state index contributed by atoms with van der Waals surface area (Å²) in [6.07, 6.45) is 2.58. The minimum Gasteiger partial charge on any atom is -0.462 e. The Hall–Kier alpha value is -7.86. The van der Waals surface area contributed by atoms with E-state index in [0.29, 0.717) is 35.6 Å². The Morgan fingerprint density at radius 2 is 1.54 bits per heavy atom. The third-order valence-electron chi connectivity index (χ3n) is 17.3. The average Bonchev–Trinajstić information content (AvgIpc) is 1.74. The summed E-state index contributed by atoms with van der Waals surface area (Å²) in [6.45, 7) is 11.6. The molecule has 28 heteroatoms. The van der Waals surface area contributed by atoms with Crippen LogP contribution in [-0.2, 0) is 59.7 Å². The number of nitrogens with one attached hydrogen (secondary N) is 4. The standard InChI is InChI=1S/C65H78F3N11O12S2/c1-40-60(92-39-72-40)44-8-6-41(7-9-44)30-71-63(84)53-29-48(91-56(82)38-89-37-55(81)90-27-26-88-5)35-79(53)64(85)61(65(2,3)4)73-54(80)36-76-24-22-75(23-25-76)33-42-16-19-77(20-17-42)47-12-10-43(11-13-47)45-28-49-50(32-70-62(49)69-31-45)59(83)57-51(67)14-15-52(58(57)68)74-93(86,87)78-21-18-46(66)34-78/h6-15,28,31-32,39,42,46,48,53,61,74H,16-27,29-30,33-38H2,1-5H3,(H,69,70)(H,71,84)(H,73,80)/t46-,48-,53+,61-/m1/s1. The third-order valence-corrected chi connectivity index (χ3v) is 19.7. The molecule has 3 aromatic heterocycles. The number of alkyl halides is 1. The van der Waals surface area contributed by atoms with Crippen LogP contribution in [0.25, 0.3) is 32.6 Å². The zero-order valence-electron chi connectivity index (χ0n) is 52.6. The summed E-state index contributed by atoms with van der Waals surface area (Å²) in [7, 11) is -2.92. The summed E-state index contributed by atoms with van der Waals surface area (Å²) in [5.41, 5.74) is 4.84. The first kappa shape index (κ1) is 68.0. The van der Waals surface area contributed by atoms with Gasteiger partial charge in [-0.1, -0.05) is 57.2 Å². The zero-order chi connectivity index (χ0) is 66.1. The van der Waals surface area contributed by atoms with E-state index in [-0.39, 0.29) is 63.7 Å². The van der Waals surface area contributed by atoms with Gasteiger partial charge in [-0.15, -0.1) is 11.3 Å². The highest BCUT2D eigenvalue weighted by atomic mass is 32.2. The van der Waals surface area contributed by atoms with Crippen molar-refractivity contribution >= 4 is 79.4 Å². The van der Waals surface area contributed by atoms with Crippen molar-refractivity contribution in [1.29, 1.82) is 0 Å². The molecule has 0 unspecified atom stereocenters. The van der Waals surface area contributed by atoms with E-state index < -0.39 is 112 Å². The van der Waals surface area contributed by atoms with E-state index in [0.717, 1.165) is 95.0 Å². The first-order valence-electron chi connectivity index (χ1n) is 31.0. The largest absolute Gasteiger partial charge is 0.462 e. The molecular weight excluding hydrogens is 1250 g/mol. The Bertz CT molecular complexity index is 3780. The predicted molar refractivity (Wildman–Crippen MR) is 342 cm³/mol. The second-order valence-corrected chi connectivity index (χ2v) is 27.5. The fourth-order valence-corrected chi connectivity index (χ4v) is 14.2. The van der Waals surface area contributed by atoms with Crippen LogP contribution in [0.5, 0.6) is 0 Å². The van der Waals surface area contributed by atoms with Crippen LogP contribution in [-0.4, -0.2) is 208 Å². The molecule has 7 heterocycles. The molecule has 4 aliphatic heterocycles. The first-order valence-corrected chi connectivity index (χ1v) is 33.3. The smallest absolute Gasteiger partial charge is 0.332 e. The highest BCUT2D eigenvalue weighted by molar-refractivity contribution is 7.90. The molecule has 4 fully saturated rings. The number of ether oxygens (including phenoxy) is 4. The Morgan fingerprint density at radius 1 is 0.828 bits per heavy atom. The van der Waals surface area contributed by atoms with Crippen LogP contribution in [0.2, 0.25) is 0 Å². The van der Waals surface area contributed by atoms with Crippen molar-refractivity contribution in [2.45, 2.75) is 84.3 Å². The summed E-state index contributed by atoms with van der Waals surface area (Å²) < 4.78 is 94.4. The number of amides is 3. The van der Waals surface area contributed by atoms with Crippen molar-refractivity contribution in [1.82, 2.24) is 44.6 Å². The van der Waals surface area contributed by atoms with Crippen molar-refractivity contribution in [3.63, 3.8) is 0 Å². The lowest BCUT2D eigenvalue weighted by Crippen LogP contribution is -2.59. The summed E-state index contributed by atoms with van der Waals surface area (Å²) >= 11 is 1.54. The van der Waals surface area contributed by atoms with Gasteiger partial charge in [-0.3, -0.25) is 28.8 Å². The summed E-state index contributed by atoms with van der Waals surface area (Å²) in [4.78, 5) is 103. The molecule has 3 aromatic carbocycles. The average molecular weight is 1330 g/mol. The molecule has 498 valence electrons. The number of carbonyl (C=O) groups is 6. The minimum absolute atomic E-state index is 0.0142. The number of rotatable bonds is 25. The van der Waals surface area contributed by atoms with Crippen LogP contribution in [0, 0.1) is 29.9 Å². The number of aromatic nitrogens is 3. The minimum atomic E-state index is -4.39. The van der Waals surface area contributed by atoms with E-state index in [1.165, 1.54) is 29.5 Å². The number of methoxy groups -OCH3 is 1. The maximum Gasteiger partial charge on any atom is 0.332 e. The van der Waals surface area contributed by atoms with E-state index in [2.05, 4.69) is 40.3 Å². The van der Waals surface area contributed by atoms with Crippen LogP contribution in [0.1, 0.15) is 73.6 Å². The van der Waals surface area contributed by atoms with Gasteiger partial charge in [-0.05, 0) is 84.5 Å². The lowest BCUT2D eigenvalue weighted by Gasteiger charge is -2.39. The Morgan fingerprint density at radius 3 is 2.22 bits per heavy atom. The van der Waals surface area contributed by atoms with Crippen molar-refractivity contribution in [3.05, 3.63) is 119 Å². The number of likely N-dealkylation sites (tertiary alicyclic amines) is 1. The van der Waals surface area contributed by atoms with E-state index in [4.69, 9.17) is 18.9 Å². The number of benzene rings is 3.